The number of benzene rings is 1. The van der Waals surface area contributed by atoms with Gasteiger partial charge >= 0.3 is 0 Å². The van der Waals surface area contributed by atoms with E-state index < -0.39 is 0 Å². The zero-order valence-corrected chi connectivity index (χ0v) is 14.1. The Morgan fingerprint density at radius 3 is 2.15 bits per heavy atom. The first-order valence-electron chi connectivity index (χ1n) is 8.27. The third kappa shape index (κ3) is 6.09. The maximum atomic E-state index is 3.65. The van der Waals surface area contributed by atoms with Crippen LogP contribution in [0.15, 0.2) is 24.3 Å². The van der Waals surface area contributed by atoms with Crippen molar-refractivity contribution in [3.63, 3.8) is 0 Å². The highest BCUT2D eigenvalue weighted by molar-refractivity contribution is 5.23. The van der Waals surface area contributed by atoms with Crippen molar-refractivity contribution in [2.75, 3.05) is 13.1 Å². The van der Waals surface area contributed by atoms with Gasteiger partial charge in [0.05, 0.1) is 0 Å². The van der Waals surface area contributed by atoms with Crippen LogP contribution in [0.2, 0.25) is 0 Å². The van der Waals surface area contributed by atoms with E-state index in [-0.39, 0.29) is 0 Å². The summed E-state index contributed by atoms with van der Waals surface area (Å²) in [5.41, 5.74) is 3.28. The minimum absolute atomic E-state index is 0.372. The van der Waals surface area contributed by atoms with Crippen LogP contribution < -0.4 is 5.32 Å². The SMILES string of the molecule is CCCC(C)(CNCC(C)C)Cc1ccc(CC)cc1. The molecule has 114 valence electrons. The molecule has 0 heterocycles. The van der Waals surface area contributed by atoms with Crippen LogP contribution in [-0.4, -0.2) is 13.1 Å². The fraction of sp³-hybridized carbons (Fsp3) is 0.684. The highest BCUT2D eigenvalue weighted by Gasteiger charge is 2.23. The van der Waals surface area contributed by atoms with Gasteiger partial charge in [0.1, 0.15) is 0 Å². The summed E-state index contributed by atoms with van der Waals surface area (Å²) in [6.07, 6.45) is 4.85. The van der Waals surface area contributed by atoms with Gasteiger partial charge in [-0.15, -0.1) is 0 Å². The molecule has 0 spiro atoms. The fourth-order valence-corrected chi connectivity index (χ4v) is 2.89. The molecule has 0 aromatic heterocycles. The van der Waals surface area contributed by atoms with E-state index in [1.54, 1.807) is 0 Å². The van der Waals surface area contributed by atoms with E-state index in [1.807, 2.05) is 0 Å². The number of hydrogen-bond donors (Lipinski definition) is 1. The average molecular weight is 275 g/mol. The number of rotatable bonds is 9. The first-order valence-corrected chi connectivity index (χ1v) is 8.27. The molecule has 1 atom stereocenters. The second kappa shape index (κ2) is 8.46. The molecule has 0 saturated carbocycles. The molecule has 1 nitrogen and oxygen atoms in total. The molecule has 20 heavy (non-hydrogen) atoms. The molecule has 0 radical (unpaired) electrons. The van der Waals surface area contributed by atoms with E-state index in [0.29, 0.717) is 5.41 Å². The van der Waals surface area contributed by atoms with Crippen LogP contribution in [-0.2, 0) is 12.8 Å². The molecule has 1 aromatic carbocycles. The maximum absolute atomic E-state index is 3.65. The third-order valence-corrected chi connectivity index (χ3v) is 4.02. The number of hydrogen-bond acceptors (Lipinski definition) is 1. The van der Waals surface area contributed by atoms with E-state index in [9.17, 15) is 0 Å². The smallest absolute Gasteiger partial charge is 0.000846 e. The van der Waals surface area contributed by atoms with Crippen molar-refractivity contribution >= 4 is 0 Å². The van der Waals surface area contributed by atoms with Crippen molar-refractivity contribution in [1.82, 2.24) is 5.32 Å². The van der Waals surface area contributed by atoms with Gasteiger partial charge in [0, 0.05) is 6.54 Å². The Morgan fingerprint density at radius 2 is 1.65 bits per heavy atom. The third-order valence-electron chi connectivity index (χ3n) is 4.02. The Hall–Kier alpha value is -0.820. The molecule has 1 N–H and O–H groups in total. The van der Waals surface area contributed by atoms with Gasteiger partial charge in [0.15, 0.2) is 0 Å². The average Bonchev–Trinajstić information content (AvgIpc) is 2.39. The topological polar surface area (TPSA) is 12.0 Å². The Morgan fingerprint density at radius 1 is 1.05 bits per heavy atom. The molecule has 1 heteroatoms. The summed E-state index contributed by atoms with van der Waals surface area (Å²) >= 11 is 0. The first-order chi connectivity index (χ1) is 9.49. The van der Waals surface area contributed by atoms with Crippen LogP contribution in [0.4, 0.5) is 0 Å². The Balaban J connectivity index is 2.63. The summed E-state index contributed by atoms with van der Waals surface area (Å²) in [6, 6.07) is 9.19. The molecule has 0 aliphatic carbocycles. The van der Waals surface area contributed by atoms with Crippen LogP contribution in [0.25, 0.3) is 0 Å². The molecule has 0 aliphatic rings. The predicted molar refractivity (Wildman–Crippen MR) is 90.2 cm³/mol. The minimum atomic E-state index is 0.372. The summed E-state index contributed by atoms with van der Waals surface area (Å²) < 4.78 is 0. The Bertz CT molecular complexity index is 366. The van der Waals surface area contributed by atoms with Gasteiger partial charge < -0.3 is 5.32 Å². The lowest BCUT2D eigenvalue weighted by Crippen LogP contribution is -2.35. The Labute approximate surface area is 126 Å². The van der Waals surface area contributed by atoms with Gasteiger partial charge in [0.2, 0.25) is 0 Å². The molecule has 0 amide bonds. The van der Waals surface area contributed by atoms with E-state index in [0.717, 1.165) is 25.4 Å². The van der Waals surface area contributed by atoms with E-state index in [4.69, 9.17) is 0 Å². The van der Waals surface area contributed by atoms with E-state index in [1.165, 1.54) is 30.4 Å². The fourth-order valence-electron chi connectivity index (χ4n) is 2.89. The lowest BCUT2D eigenvalue weighted by molar-refractivity contribution is 0.271. The lowest BCUT2D eigenvalue weighted by atomic mass is 9.79. The normalized spacial score (nSPS) is 14.5. The van der Waals surface area contributed by atoms with Crippen molar-refractivity contribution in [2.24, 2.45) is 11.3 Å². The quantitative estimate of drug-likeness (QED) is 0.679. The molecule has 0 saturated heterocycles. The van der Waals surface area contributed by atoms with Crippen molar-refractivity contribution < 1.29 is 0 Å². The van der Waals surface area contributed by atoms with Gasteiger partial charge in [-0.25, -0.2) is 0 Å². The molecule has 0 aliphatic heterocycles. The van der Waals surface area contributed by atoms with Crippen LogP contribution in [0.3, 0.4) is 0 Å². The predicted octanol–water partition coefficient (Wildman–Crippen LogP) is 4.84. The largest absolute Gasteiger partial charge is 0.316 e. The standard InChI is InChI=1S/C19H33N/c1-6-12-19(5,15-20-14-16(3)4)13-18-10-8-17(7-2)9-11-18/h8-11,16,20H,6-7,12-15H2,1-5H3. The van der Waals surface area contributed by atoms with Crippen molar-refractivity contribution in [3.8, 4) is 0 Å². The zero-order valence-electron chi connectivity index (χ0n) is 14.1. The molecular formula is C19H33N. The molecule has 0 bridgehead atoms. The van der Waals surface area contributed by atoms with Crippen LogP contribution in [0.1, 0.15) is 58.6 Å². The molecule has 0 fully saturated rings. The number of nitrogens with one attached hydrogen (secondary N) is 1. The zero-order chi connectivity index (χ0) is 15.0. The van der Waals surface area contributed by atoms with Crippen molar-refractivity contribution in [2.45, 2.75) is 60.3 Å². The molecule has 1 aromatic rings. The first kappa shape index (κ1) is 17.2. The van der Waals surface area contributed by atoms with Gasteiger partial charge in [-0.1, -0.05) is 65.3 Å². The summed E-state index contributed by atoms with van der Waals surface area (Å²) in [5.74, 6) is 0.727. The van der Waals surface area contributed by atoms with Gasteiger partial charge in [-0.3, -0.25) is 0 Å². The van der Waals surface area contributed by atoms with E-state index in [2.05, 4.69) is 64.2 Å². The highest BCUT2D eigenvalue weighted by Crippen LogP contribution is 2.28. The molecule has 1 rings (SSSR count). The van der Waals surface area contributed by atoms with E-state index >= 15 is 0 Å². The second-order valence-electron chi connectivity index (χ2n) is 6.93. The van der Waals surface area contributed by atoms with Crippen molar-refractivity contribution in [1.29, 1.82) is 0 Å². The Kier molecular flexibility index (Phi) is 7.29. The summed E-state index contributed by atoms with van der Waals surface area (Å²) in [5, 5.41) is 3.65. The summed E-state index contributed by atoms with van der Waals surface area (Å²) in [7, 11) is 0. The second-order valence-corrected chi connectivity index (χ2v) is 6.93. The summed E-state index contributed by atoms with van der Waals surface area (Å²) in [4.78, 5) is 0. The van der Waals surface area contributed by atoms with Gasteiger partial charge in [-0.2, -0.15) is 0 Å². The number of aryl methyl sites for hydroxylation is 1. The van der Waals surface area contributed by atoms with Crippen molar-refractivity contribution in [3.05, 3.63) is 35.4 Å². The summed E-state index contributed by atoms with van der Waals surface area (Å²) in [6.45, 7) is 13.7. The highest BCUT2D eigenvalue weighted by atomic mass is 14.9. The maximum Gasteiger partial charge on any atom is 0.000846 e. The van der Waals surface area contributed by atoms with Gasteiger partial charge in [0.25, 0.3) is 0 Å². The monoisotopic (exact) mass is 275 g/mol. The van der Waals surface area contributed by atoms with Crippen LogP contribution >= 0.6 is 0 Å². The molecule has 1 unspecified atom stereocenters. The lowest BCUT2D eigenvalue weighted by Gasteiger charge is -2.30. The van der Waals surface area contributed by atoms with Crippen LogP contribution in [0.5, 0.6) is 0 Å². The van der Waals surface area contributed by atoms with Crippen LogP contribution in [0, 0.1) is 11.3 Å². The molecular weight excluding hydrogens is 242 g/mol. The van der Waals surface area contributed by atoms with Gasteiger partial charge in [-0.05, 0) is 48.3 Å². The minimum Gasteiger partial charge on any atom is -0.316 e.